The van der Waals surface area contributed by atoms with Crippen molar-refractivity contribution in [1.29, 1.82) is 0 Å². The number of anilines is 2. The molecule has 8 nitrogen and oxygen atoms in total. The standard InChI is InChI=1S/C19H25N5O3S/c1-12(2)21-18(25)16-15(20)17(28-22-16)19(26)24-10-8-23(9-11-24)13-4-6-14(27-3)7-5-13/h4-7,12H,8-11,20H2,1-3H3,(H,21,25). The van der Waals surface area contributed by atoms with Gasteiger partial charge in [0, 0.05) is 37.9 Å². The molecule has 1 aliphatic heterocycles. The van der Waals surface area contributed by atoms with Crippen molar-refractivity contribution in [1.82, 2.24) is 14.6 Å². The summed E-state index contributed by atoms with van der Waals surface area (Å²) in [6, 6.07) is 7.84. The number of amides is 2. The van der Waals surface area contributed by atoms with Crippen molar-refractivity contribution < 1.29 is 14.3 Å². The average molecular weight is 404 g/mol. The minimum atomic E-state index is -0.355. The van der Waals surface area contributed by atoms with Crippen LogP contribution >= 0.6 is 11.5 Å². The Morgan fingerprint density at radius 2 is 1.82 bits per heavy atom. The third-order valence-corrected chi connectivity index (χ3v) is 5.41. The summed E-state index contributed by atoms with van der Waals surface area (Å²) in [5.41, 5.74) is 7.43. The molecule has 1 aromatic heterocycles. The van der Waals surface area contributed by atoms with E-state index in [0.717, 1.165) is 36.1 Å². The Bertz CT molecular complexity index is 842. The molecule has 28 heavy (non-hydrogen) atoms. The number of carbonyl (C=O) groups is 2. The SMILES string of the molecule is COc1ccc(N2CCN(C(=O)c3snc(C(=O)NC(C)C)c3N)CC2)cc1. The summed E-state index contributed by atoms with van der Waals surface area (Å²) in [6.45, 7) is 6.31. The second-order valence-corrected chi connectivity index (χ2v) is 7.65. The number of piperazine rings is 1. The van der Waals surface area contributed by atoms with Crippen molar-refractivity contribution in [2.24, 2.45) is 0 Å². The second kappa shape index (κ2) is 8.47. The number of ether oxygens (including phenoxy) is 1. The normalized spacial score (nSPS) is 14.3. The number of hydrogen-bond acceptors (Lipinski definition) is 7. The molecule has 2 amide bonds. The Morgan fingerprint density at radius 3 is 2.39 bits per heavy atom. The molecule has 3 rings (SSSR count). The molecule has 0 atom stereocenters. The number of rotatable bonds is 5. The van der Waals surface area contributed by atoms with Crippen LogP contribution in [0.3, 0.4) is 0 Å². The van der Waals surface area contributed by atoms with Gasteiger partial charge in [0.05, 0.1) is 12.8 Å². The van der Waals surface area contributed by atoms with Gasteiger partial charge in [0.25, 0.3) is 11.8 Å². The lowest BCUT2D eigenvalue weighted by atomic mass is 10.2. The van der Waals surface area contributed by atoms with Gasteiger partial charge in [0.15, 0.2) is 5.69 Å². The number of aromatic nitrogens is 1. The number of nitrogens with zero attached hydrogens (tertiary/aromatic N) is 3. The van der Waals surface area contributed by atoms with Gasteiger partial charge < -0.3 is 25.6 Å². The van der Waals surface area contributed by atoms with Crippen LogP contribution in [0.4, 0.5) is 11.4 Å². The van der Waals surface area contributed by atoms with Gasteiger partial charge in [0.1, 0.15) is 10.6 Å². The highest BCUT2D eigenvalue weighted by molar-refractivity contribution is 7.09. The van der Waals surface area contributed by atoms with E-state index in [1.807, 2.05) is 38.1 Å². The highest BCUT2D eigenvalue weighted by Gasteiger charge is 2.28. The fourth-order valence-electron chi connectivity index (χ4n) is 3.05. The van der Waals surface area contributed by atoms with Gasteiger partial charge in [-0.15, -0.1) is 0 Å². The highest BCUT2D eigenvalue weighted by atomic mass is 32.1. The highest BCUT2D eigenvalue weighted by Crippen LogP contribution is 2.25. The van der Waals surface area contributed by atoms with Crippen LogP contribution in [-0.2, 0) is 0 Å². The van der Waals surface area contributed by atoms with Crippen LogP contribution in [0.15, 0.2) is 24.3 Å². The zero-order valence-electron chi connectivity index (χ0n) is 16.3. The molecule has 1 aliphatic rings. The fourth-order valence-corrected chi connectivity index (χ4v) is 3.82. The first-order valence-electron chi connectivity index (χ1n) is 9.15. The molecule has 0 unspecified atom stereocenters. The Balaban J connectivity index is 1.63. The number of nitrogens with two attached hydrogens (primary N) is 1. The molecule has 0 radical (unpaired) electrons. The Morgan fingerprint density at radius 1 is 1.18 bits per heavy atom. The van der Waals surface area contributed by atoms with E-state index in [2.05, 4.69) is 14.6 Å². The molecule has 1 saturated heterocycles. The van der Waals surface area contributed by atoms with E-state index in [1.54, 1.807) is 12.0 Å². The summed E-state index contributed by atoms with van der Waals surface area (Å²) in [7, 11) is 1.64. The van der Waals surface area contributed by atoms with Crippen LogP contribution in [0, 0.1) is 0 Å². The third kappa shape index (κ3) is 4.19. The predicted octanol–water partition coefficient (Wildman–Crippen LogP) is 1.83. The van der Waals surface area contributed by atoms with Gasteiger partial charge in [0.2, 0.25) is 0 Å². The number of nitrogen functional groups attached to an aromatic ring is 1. The number of benzene rings is 1. The Kier molecular flexibility index (Phi) is 6.03. The molecule has 1 fully saturated rings. The molecule has 2 aromatic rings. The van der Waals surface area contributed by atoms with Crippen molar-refractivity contribution in [3.05, 3.63) is 34.8 Å². The van der Waals surface area contributed by atoms with Gasteiger partial charge in [-0.05, 0) is 49.6 Å². The van der Waals surface area contributed by atoms with E-state index < -0.39 is 0 Å². The molecule has 3 N–H and O–H groups in total. The minimum absolute atomic E-state index is 0.0289. The molecule has 0 bridgehead atoms. The molecular weight excluding hydrogens is 378 g/mol. The van der Waals surface area contributed by atoms with Crippen molar-refractivity contribution in [2.45, 2.75) is 19.9 Å². The Labute approximate surface area is 168 Å². The van der Waals surface area contributed by atoms with E-state index >= 15 is 0 Å². The maximum absolute atomic E-state index is 12.9. The van der Waals surface area contributed by atoms with Crippen molar-refractivity contribution in [3.8, 4) is 5.75 Å². The monoisotopic (exact) mass is 403 g/mol. The van der Waals surface area contributed by atoms with Crippen LogP contribution in [0.1, 0.15) is 34.0 Å². The van der Waals surface area contributed by atoms with E-state index in [0.29, 0.717) is 18.0 Å². The molecule has 1 aromatic carbocycles. The molecule has 0 saturated carbocycles. The maximum Gasteiger partial charge on any atom is 0.273 e. The quantitative estimate of drug-likeness (QED) is 0.790. The first-order valence-corrected chi connectivity index (χ1v) is 9.92. The van der Waals surface area contributed by atoms with E-state index in [9.17, 15) is 9.59 Å². The number of nitrogens with one attached hydrogen (secondary N) is 1. The smallest absolute Gasteiger partial charge is 0.273 e. The summed E-state index contributed by atoms with van der Waals surface area (Å²) in [4.78, 5) is 29.3. The summed E-state index contributed by atoms with van der Waals surface area (Å²) in [5.74, 6) is 0.288. The van der Waals surface area contributed by atoms with Crippen LogP contribution in [0.25, 0.3) is 0 Å². The van der Waals surface area contributed by atoms with Gasteiger partial charge in [-0.3, -0.25) is 9.59 Å². The number of methoxy groups -OCH3 is 1. The first kappa shape index (κ1) is 19.9. The molecule has 150 valence electrons. The topological polar surface area (TPSA) is 101 Å². The zero-order chi connectivity index (χ0) is 20.3. The van der Waals surface area contributed by atoms with Crippen LogP contribution in [-0.4, -0.2) is 60.4 Å². The lowest BCUT2D eigenvalue weighted by molar-refractivity contribution is 0.0752. The van der Waals surface area contributed by atoms with Crippen molar-refractivity contribution in [2.75, 3.05) is 43.9 Å². The predicted molar refractivity (Wildman–Crippen MR) is 110 cm³/mol. The molecular formula is C19H25N5O3S. The van der Waals surface area contributed by atoms with E-state index in [1.165, 1.54) is 0 Å². The second-order valence-electron chi connectivity index (χ2n) is 6.88. The van der Waals surface area contributed by atoms with Gasteiger partial charge >= 0.3 is 0 Å². The maximum atomic E-state index is 12.9. The lowest BCUT2D eigenvalue weighted by Crippen LogP contribution is -2.48. The zero-order valence-corrected chi connectivity index (χ0v) is 17.1. The first-order chi connectivity index (χ1) is 13.4. The van der Waals surface area contributed by atoms with Crippen LogP contribution in [0.5, 0.6) is 5.75 Å². The minimum Gasteiger partial charge on any atom is -0.497 e. The molecule has 0 spiro atoms. The van der Waals surface area contributed by atoms with Gasteiger partial charge in [-0.1, -0.05) is 0 Å². The molecule has 0 aliphatic carbocycles. The van der Waals surface area contributed by atoms with Crippen LogP contribution in [0.2, 0.25) is 0 Å². The largest absolute Gasteiger partial charge is 0.497 e. The van der Waals surface area contributed by atoms with Crippen molar-refractivity contribution >= 4 is 34.7 Å². The lowest BCUT2D eigenvalue weighted by Gasteiger charge is -2.36. The average Bonchev–Trinajstić information content (AvgIpc) is 3.08. The number of hydrogen-bond donors (Lipinski definition) is 2. The van der Waals surface area contributed by atoms with Gasteiger partial charge in [-0.25, -0.2) is 0 Å². The van der Waals surface area contributed by atoms with E-state index in [-0.39, 0.29) is 29.2 Å². The Hall–Kier alpha value is -2.81. The third-order valence-electron chi connectivity index (χ3n) is 4.56. The van der Waals surface area contributed by atoms with Gasteiger partial charge in [-0.2, -0.15) is 4.37 Å². The summed E-state index contributed by atoms with van der Waals surface area (Å²) >= 11 is 0.980. The van der Waals surface area contributed by atoms with Crippen LogP contribution < -0.4 is 20.7 Å². The summed E-state index contributed by atoms with van der Waals surface area (Å²) < 4.78 is 9.29. The molecule has 9 heteroatoms. The van der Waals surface area contributed by atoms with E-state index in [4.69, 9.17) is 10.5 Å². The summed E-state index contributed by atoms with van der Waals surface area (Å²) in [5, 5.41) is 2.75. The fraction of sp³-hybridized carbons (Fsp3) is 0.421. The molecule has 2 heterocycles. The number of carbonyl (C=O) groups excluding carboxylic acids is 2. The summed E-state index contributed by atoms with van der Waals surface area (Å²) in [6.07, 6.45) is 0. The van der Waals surface area contributed by atoms with Crippen molar-refractivity contribution in [3.63, 3.8) is 0 Å².